The number of carbonyl (C=O) groups excluding carboxylic acids is 3. The highest BCUT2D eigenvalue weighted by atomic mass is 16.4. The number of amides is 3. The fraction of sp³-hybridized carbons (Fsp3) is 0.750. The van der Waals surface area contributed by atoms with Crippen LogP contribution in [0.25, 0.3) is 0 Å². The van der Waals surface area contributed by atoms with Crippen LogP contribution in [0.2, 0.25) is 0 Å². The Morgan fingerprint density at radius 2 is 1.81 bits per heavy atom. The smallest absolute Gasteiger partial charge is 0.325 e. The van der Waals surface area contributed by atoms with Crippen molar-refractivity contribution in [2.75, 3.05) is 13.2 Å². The lowest BCUT2D eigenvalue weighted by Crippen LogP contribution is -2.57. The van der Waals surface area contributed by atoms with Crippen LogP contribution in [-0.2, 0) is 19.2 Å². The van der Waals surface area contributed by atoms with Gasteiger partial charge in [0.1, 0.15) is 18.1 Å². The summed E-state index contributed by atoms with van der Waals surface area (Å²) in [7, 11) is 0. The number of nitrogens with one attached hydrogen (secondary N) is 2. The molecule has 1 saturated heterocycles. The van der Waals surface area contributed by atoms with Gasteiger partial charge < -0.3 is 31.5 Å². The molecule has 1 aliphatic heterocycles. The molecular weight excluding hydrogens is 344 g/mol. The fourth-order valence-electron chi connectivity index (χ4n) is 2.62. The quantitative estimate of drug-likeness (QED) is 0.330. The number of hydrogen-bond acceptors (Lipinski definition) is 6. The van der Waals surface area contributed by atoms with Crippen molar-refractivity contribution >= 4 is 23.7 Å². The monoisotopic (exact) mass is 372 g/mol. The SMILES string of the molecule is CC(NC(=O)C(CO)NC(=O)C1CCCN1C(=O)C(N)C(C)C)C(=O)O. The van der Waals surface area contributed by atoms with Gasteiger partial charge in [0.25, 0.3) is 0 Å². The van der Waals surface area contributed by atoms with Crippen molar-refractivity contribution in [1.82, 2.24) is 15.5 Å². The van der Waals surface area contributed by atoms with Crippen molar-refractivity contribution in [2.24, 2.45) is 11.7 Å². The summed E-state index contributed by atoms with van der Waals surface area (Å²) < 4.78 is 0. The summed E-state index contributed by atoms with van der Waals surface area (Å²) in [6, 6.07) is -3.97. The number of nitrogens with zero attached hydrogens (tertiary/aromatic N) is 1. The number of aliphatic hydroxyl groups excluding tert-OH is 1. The first kappa shape index (κ1) is 21.8. The van der Waals surface area contributed by atoms with Gasteiger partial charge in [-0.1, -0.05) is 13.8 Å². The lowest BCUT2D eigenvalue weighted by atomic mass is 10.0. The van der Waals surface area contributed by atoms with Crippen LogP contribution in [0.4, 0.5) is 0 Å². The molecule has 4 atom stereocenters. The Balaban J connectivity index is 2.75. The summed E-state index contributed by atoms with van der Waals surface area (Å²) in [5.41, 5.74) is 5.88. The van der Waals surface area contributed by atoms with Gasteiger partial charge in [-0.05, 0) is 25.7 Å². The van der Waals surface area contributed by atoms with E-state index in [2.05, 4.69) is 10.6 Å². The number of rotatable bonds is 8. The van der Waals surface area contributed by atoms with Crippen LogP contribution in [0.5, 0.6) is 0 Å². The average Bonchev–Trinajstić information content (AvgIpc) is 3.07. The molecule has 0 spiro atoms. The third kappa shape index (κ3) is 5.40. The maximum atomic E-state index is 12.5. The summed E-state index contributed by atoms with van der Waals surface area (Å²) in [5, 5.41) is 22.7. The molecule has 4 unspecified atom stereocenters. The van der Waals surface area contributed by atoms with Gasteiger partial charge in [0.15, 0.2) is 0 Å². The number of carboxylic acids is 1. The van der Waals surface area contributed by atoms with Gasteiger partial charge >= 0.3 is 5.97 Å². The molecule has 10 heteroatoms. The molecule has 10 nitrogen and oxygen atoms in total. The Labute approximate surface area is 152 Å². The highest BCUT2D eigenvalue weighted by Crippen LogP contribution is 2.19. The van der Waals surface area contributed by atoms with Gasteiger partial charge in [-0.2, -0.15) is 0 Å². The van der Waals surface area contributed by atoms with E-state index in [1.165, 1.54) is 11.8 Å². The van der Waals surface area contributed by atoms with Gasteiger partial charge in [-0.25, -0.2) is 0 Å². The van der Waals surface area contributed by atoms with Gasteiger partial charge in [0.05, 0.1) is 12.6 Å². The number of aliphatic hydroxyl groups is 1. The number of hydrogen-bond donors (Lipinski definition) is 5. The zero-order valence-corrected chi connectivity index (χ0v) is 15.3. The minimum atomic E-state index is -1.30. The summed E-state index contributed by atoms with van der Waals surface area (Å²) in [6.07, 6.45) is 1.05. The van der Waals surface area contributed by atoms with Gasteiger partial charge in [-0.15, -0.1) is 0 Å². The van der Waals surface area contributed by atoms with E-state index in [1.54, 1.807) is 0 Å². The average molecular weight is 372 g/mol. The summed E-state index contributed by atoms with van der Waals surface area (Å²) in [5.74, 6) is -3.05. The highest BCUT2D eigenvalue weighted by Gasteiger charge is 2.38. The van der Waals surface area contributed by atoms with E-state index in [-0.39, 0.29) is 11.8 Å². The number of likely N-dealkylation sites (tertiary alicyclic amines) is 1. The minimum Gasteiger partial charge on any atom is -0.480 e. The molecule has 1 fully saturated rings. The zero-order chi connectivity index (χ0) is 20.0. The third-order valence-corrected chi connectivity index (χ3v) is 4.39. The second-order valence-corrected chi connectivity index (χ2v) is 6.77. The van der Waals surface area contributed by atoms with Gasteiger partial charge in [-0.3, -0.25) is 19.2 Å². The van der Waals surface area contributed by atoms with E-state index in [1.807, 2.05) is 13.8 Å². The zero-order valence-electron chi connectivity index (χ0n) is 15.3. The molecule has 148 valence electrons. The van der Waals surface area contributed by atoms with E-state index < -0.39 is 48.6 Å². The maximum absolute atomic E-state index is 12.5. The molecule has 3 amide bonds. The number of aliphatic carboxylic acids is 1. The van der Waals surface area contributed by atoms with E-state index in [9.17, 15) is 24.3 Å². The number of carbonyl (C=O) groups is 4. The third-order valence-electron chi connectivity index (χ3n) is 4.39. The van der Waals surface area contributed by atoms with Crippen molar-refractivity contribution in [1.29, 1.82) is 0 Å². The Morgan fingerprint density at radius 3 is 2.31 bits per heavy atom. The van der Waals surface area contributed by atoms with Crippen LogP contribution in [0.3, 0.4) is 0 Å². The molecular formula is C16H28N4O6. The number of carboxylic acid groups (broad SMARTS) is 1. The fourth-order valence-corrected chi connectivity index (χ4v) is 2.62. The topological polar surface area (TPSA) is 162 Å². The summed E-state index contributed by atoms with van der Waals surface area (Å²) >= 11 is 0. The lowest BCUT2D eigenvalue weighted by Gasteiger charge is -2.29. The van der Waals surface area contributed by atoms with Crippen LogP contribution in [0.15, 0.2) is 0 Å². The van der Waals surface area contributed by atoms with Crippen molar-refractivity contribution in [3.63, 3.8) is 0 Å². The van der Waals surface area contributed by atoms with E-state index in [4.69, 9.17) is 10.8 Å². The Kier molecular flexibility index (Phi) is 7.97. The van der Waals surface area contributed by atoms with Gasteiger partial charge in [0.2, 0.25) is 17.7 Å². The molecule has 0 saturated carbocycles. The Bertz CT molecular complexity index is 553. The second-order valence-electron chi connectivity index (χ2n) is 6.77. The molecule has 1 rings (SSSR count). The molecule has 0 aromatic carbocycles. The number of nitrogens with two attached hydrogens (primary N) is 1. The molecule has 6 N–H and O–H groups in total. The van der Waals surface area contributed by atoms with Crippen molar-refractivity contribution in [3.8, 4) is 0 Å². The van der Waals surface area contributed by atoms with E-state index in [0.717, 1.165) is 0 Å². The molecule has 26 heavy (non-hydrogen) atoms. The first-order valence-electron chi connectivity index (χ1n) is 8.60. The van der Waals surface area contributed by atoms with E-state index >= 15 is 0 Å². The second kappa shape index (κ2) is 9.48. The summed E-state index contributed by atoms with van der Waals surface area (Å²) in [6.45, 7) is 4.58. The largest absolute Gasteiger partial charge is 0.480 e. The van der Waals surface area contributed by atoms with Crippen LogP contribution in [-0.4, -0.2) is 76.1 Å². The first-order chi connectivity index (χ1) is 12.1. The maximum Gasteiger partial charge on any atom is 0.325 e. The van der Waals surface area contributed by atoms with Crippen molar-refractivity contribution < 1.29 is 29.4 Å². The molecule has 1 heterocycles. The normalized spacial score (nSPS) is 20.4. The van der Waals surface area contributed by atoms with Crippen LogP contribution in [0.1, 0.15) is 33.6 Å². The molecule has 1 aliphatic rings. The predicted octanol–water partition coefficient (Wildman–Crippen LogP) is -1.97. The van der Waals surface area contributed by atoms with Crippen LogP contribution < -0.4 is 16.4 Å². The summed E-state index contributed by atoms with van der Waals surface area (Å²) in [4.78, 5) is 49.1. The Morgan fingerprint density at radius 1 is 1.19 bits per heavy atom. The van der Waals surface area contributed by atoms with Crippen molar-refractivity contribution in [3.05, 3.63) is 0 Å². The van der Waals surface area contributed by atoms with Gasteiger partial charge in [0, 0.05) is 6.54 Å². The molecule has 0 aromatic heterocycles. The predicted molar refractivity (Wildman–Crippen MR) is 91.8 cm³/mol. The lowest BCUT2D eigenvalue weighted by molar-refractivity contribution is -0.143. The molecule has 0 bridgehead atoms. The Hall–Kier alpha value is -2.20. The molecule has 0 aliphatic carbocycles. The highest BCUT2D eigenvalue weighted by molar-refractivity contribution is 5.94. The first-order valence-corrected chi connectivity index (χ1v) is 8.60. The van der Waals surface area contributed by atoms with Crippen LogP contribution >= 0.6 is 0 Å². The molecule has 0 radical (unpaired) electrons. The van der Waals surface area contributed by atoms with E-state index in [0.29, 0.717) is 19.4 Å². The van der Waals surface area contributed by atoms with Crippen LogP contribution in [0, 0.1) is 5.92 Å². The standard InChI is InChI=1S/C16H28N4O6/c1-8(2)12(17)15(24)20-6-4-5-11(20)14(23)19-10(7-21)13(22)18-9(3)16(25)26/h8-12,21H,4-7,17H2,1-3H3,(H,18,22)(H,19,23)(H,25,26). The minimum absolute atomic E-state index is 0.0831. The van der Waals surface area contributed by atoms with Crippen molar-refractivity contribution in [2.45, 2.75) is 57.8 Å². The molecule has 0 aromatic rings.